The van der Waals surface area contributed by atoms with E-state index < -0.39 is 0 Å². The van der Waals surface area contributed by atoms with Crippen LogP contribution in [0, 0.1) is 5.92 Å². The summed E-state index contributed by atoms with van der Waals surface area (Å²) in [6.07, 6.45) is 1.41. The lowest BCUT2D eigenvalue weighted by atomic mass is 10.0. The first-order chi connectivity index (χ1) is 6.09. The summed E-state index contributed by atoms with van der Waals surface area (Å²) in [6.45, 7) is 9.65. The number of rotatable bonds is 2. The Balaban J connectivity index is 1.98. The van der Waals surface area contributed by atoms with Gasteiger partial charge in [-0.2, -0.15) is 0 Å². The molecule has 2 nitrogen and oxygen atoms in total. The molecule has 0 aliphatic carbocycles. The van der Waals surface area contributed by atoms with Crippen LogP contribution in [0.25, 0.3) is 0 Å². The number of likely N-dealkylation sites (tertiary alicyclic amines) is 2. The van der Waals surface area contributed by atoms with Crippen LogP contribution in [0.3, 0.4) is 0 Å². The molecule has 76 valence electrons. The maximum Gasteiger partial charge on any atom is 0.0242 e. The van der Waals surface area contributed by atoms with E-state index in [9.17, 15) is 0 Å². The summed E-state index contributed by atoms with van der Waals surface area (Å²) in [5, 5.41) is 0. The van der Waals surface area contributed by atoms with Gasteiger partial charge in [0.15, 0.2) is 0 Å². The molecule has 2 aliphatic heterocycles. The molecule has 0 radical (unpaired) electrons. The Bertz CT molecular complexity index is 189. The van der Waals surface area contributed by atoms with Crippen LogP contribution in [0.1, 0.15) is 27.2 Å². The van der Waals surface area contributed by atoms with Gasteiger partial charge in [0.1, 0.15) is 0 Å². The number of nitrogens with zero attached hydrogens (tertiary/aromatic N) is 2. The van der Waals surface area contributed by atoms with Gasteiger partial charge in [-0.15, -0.1) is 0 Å². The van der Waals surface area contributed by atoms with Gasteiger partial charge in [0.05, 0.1) is 0 Å². The highest BCUT2D eigenvalue weighted by Crippen LogP contribution is 2.32. The minimum absolute atomic E-state index is 0.767. The van der Waals surface area contributed by atoms with Gasteiger partial charge in [0.2, 0.25) is 0 Å². The van der Waals surface area contributed by atoms with E-state index in [4.69, 9.17) is 0 Å². The van der Waals surface area contributed by atoms with E-state index in [1.54, 1.807) is 0 Å². The van der Waals surface area contributed by atoms with Crippen LogP contribution in [0.15, 0.2) is 0 Å². The zero-order valence-corrected chi connectivity index (χ0v) is 9.33. The number of hydrogen-bond donors (Lipinski definition) is 0. The van der Waals surface area contributed by atoms with Crippen LogP contribution < -0.4 is 0 Å². The fraction of sp³-hybridized carbons (Fsp3) is 1.00. The van der Waals surface area contributed by atoms with E-state index in [-0.39, 0.29) is 0 Å². The lowest BCUT2D eigenvalue weighted by Crippen LogP contribution is -2.49. The molecule has 0 N–H and O–H groups in total. The Morgan fingerprint density at radius 2 is 1.77 bits per heavy atom. The molecule has 0 saturated carbocycles. The molecule has 2 rings (SSSR count). The van der Waals surface area contributed by atoms with Crippen molar-refractivity contribution in [1.82, 2.24) is 9.80 Å². The average Bonchev–Trinajstić information content (AvgIpc) is 2.60. The quantitative estimate of drug-likeness (QED) is 0.637. The second-order valence-corrected chi connectivity index (χ2v) is 5.16. The summed E-state index contributed by atoms with van der Waals surface area (Å²) in [5.74, 6) is 0.796. The molecule has 13 heavy (non-hydrogen) atoms. The third-order valence-corrected chi connectivity index (χ3v) is 4.04. The number of piperazine rings is 1. The maximum absolute atomic E-state index is 2.72. The van der Waals surface area contributed by atoms with Crippen molar-refractivity contribution < 1.29 is 0 Å². The van der Waals surface area contributed by atoms with Gasteiger partial charge in [-0.25, -0.2) is 0 Å². The molecule has 0 aromatic carbocycles. The van der Waals surface area contributed by atoms with Crippen molar-refractivity contribution in [3.05, 3.63) is 0 Å². The van der Waals surface area contributed by atoms with E-state index in [2.05, 4.69) is 37.6 Å². The SMILES string of the molecule is CC(C)[C@@H](C)N1C[C@@H]2C[C@H]1CN2C. The number of likely N-dealkylation sites (N-methyl/N-ethyl adjacent to an activating group) is 1. The van der Waals surface area contributed by atoms with Crippen LogP contribution >= 0.6 is 0 Å². The van der Waals surface area contributed by atoms with E-state index >= 15 is 0 Å². The average molecular weight is 182 g/mol. The highest BCUT2D eigenvalue weighted by molar-refractivity contribution is 5.00. The summed E-state index contributed by atoms with van der Waals surface area (Å²) >= 11 is 0. The van der Waals surface area contributed by atoms with Gasteiger partial charge >= 0.3 is 0 Å². The first kappa shape index (κ1) is 9.47. The highest BCUT2D eigenvalue weighted by Gasteiger charge is 2.43. The molecule has 2 bridgehead atoms. The van der Waals surface area contributed by atoms with Crippen LogP contribution in [0.4, 0.5) is 0 Å². The van der Waals surface area contributed by atoms with Gasteiger partial charge in [0.25, 0.3) is 0 Å². The molecule has 0 unspecified atom stereocenters. The summed E-state index contributed by atoms with van der Waals surface area (Å²) in [7, 11) is 2.27. The van der Waals surface area contributed by atoms with E-state index in [0.29, 0.717) is 0 Å². The van der Waals surface area contributed by atoms with Crippen LogP contribution in [0.5, 0.6) is 0 Å². The maximum atomic E-state index is 2.72. The van der Waals surface area contributed by atoms with Gasteiger partial charge in [-0.3, -0.25) is 4.90 Å². The minimum atomic E-state index is 0.767. The Labute approximate surface area is 81.9 Å². The Hall–Kier alpha value is -0.0800. The molecule has 0 amide bonds. The molecule has 2 fully saturated rings. The second kappa shape index (κ2) is 3.25. The predicted molar refractivity (Wildman–Crippen MR) is 55.8 cm³/mol. The summed E-state index contributed by atoms with van der Waals surface area (Å²) in [5.41, 5.74) is 0. The Morgan fingerprint density at radius 3 is 2.15 bits per heavy atom. The molecular formula is C11H22N2. The van der Waals surface area contributed by atoms with Gasteiger partial charge in [-0.1, -0.05) is 13.8 Å². The summed E-state index contributed by atoms with van der Waals surface area (Å²) < 4.78 is 0. The van der Waals surface area contributed by atoms with Crippen LogP contribution in [-0.2, 0) is 0 Å². The predicted octanol–water partition coefficient (Wildman–Crippen LogP) is 1.42. The van der Waals surface area contributed by atoms with Crippen molar-refractivity contribution in [3.8, 4) is 0 Å². The lowest BCUT2D eigenvalue weighted by Gasteiger charge is -2.37. The summed E-state index contributed by atoms with van der Waals surface area (Å²) in [4.78, 5) is 5.24. The fourth-order valence-electron chi connectivity index (χ4n) is 2.78. The van der Waals surface area contributed by atoms with E-state index in [1.165, 1.54) is 19.5 Å². The first-order valence-electron chi connectivity index (χ1n) is 5.55. The Kier molecular flexibility index (Phi) is 2.37. The zero-order valence-electron chi connectivity index (χ0n) is 9.33. The molecule has 2 heterocycles. The highest BCUT2D eigenvalue weighted by atomic mass is 15.3. The van der Waals surface area contributed by atoms with Crippen LogP contribution in [0.2, 0.25) is 0 Å². The van der Waals surface area contributed by atoms with Gasteiger partial charge in [0, 0.05) is 31.2 Å². The largest absolute Gasteiger partial charge is 0.301 e. The van der Waals surface area contributed by atoms with E-state index in [0.717, 1.165) is 24.0 Å². The lowest BCUT2D eigenvalue weighted by molar-refractivity contribution is 0.0922. The normalized spacial score (nSPS) is 37.6. The van der Waals surface area contributed by atoms with Crippen molar-refractivity contribution in [3.63, 3.8) is 0 Å². The molecule has 2 saturated heterocycles. The van der Waals surface area contributed by atoms with Gasteiger partial charge < -0.3 is 4.90 Å². The van der Waals surface area contributed by atoms with Gasteiger partial charge in [-0.05, 0) is 26.3 Å². The molecule has 0 aromatic heterocycles. The Morgan fingerprint density at radius 1 is 1.08 bits per heavy atom. The van der Waals surface area contributed by atoms with Crippen molar-refractivity contribution in [2.24, 2.45) is 5.92 Å². The third kappa shape index (κ3) is 1.50. The minimum Gasteiger partial charge on any atom is -0.301 e. The monoisotopic (exact) mass is 182 g/mol. The standard InChI is InChI=1S/C11H22N2/c1-8(2)9(3)13-7-10-5-11(13)6-12(10)4/h8-11H,5-7H2,1-4H3/t9-,10+,11+/m1/s1. The zero-order chi connectivity index (χ0) is 9.59. The summed E-state index contributed by atoms with van der Waals surface area (Å²) in [6, 6.07) is 2.47. The fourth-order valence-corrected chi connectivity index (χ4v) is 2.78. The van der Waals surface area contributed by atoms with E-state index in [1.807, 2.05) is 0 Å². The molecule has 2 aliphatic rings. The van der Waals surface area contributed by atoms with Crippen molar-refractivity contribution in [2.75, 3.05) is 20.1 Å². The van der Waals surface area contributed by atoms with Crippen molar-refractivity contribution in [1.29, 1.82) is 0 Å². The second-order valence-electron chi connectivity index (χ2n) is 5.16. The first-order valence-corrected chi connectivity index (χ1v) is 5.55. The molecule has 0 spiro atoms. The smallest absolute Gasteiger partial charge is 0.0242 e. The van der Waals surface area contributed by atoms with Crippen molar-refractivity contribution in [2.45, 2.75) is 45.3 Å². The molecule has 2 heteroatoms. The third-order valence-electron chi connectivity index (χ3n) is 4.04. The molecular weight excluding hydrogens is 160 g/mol. The molecule has 0 aromatic rings. The van der Waals surface area contributed by atoms with Crippen molar-refractivity contribution >= 4 is 0 Å². The topological polar surface area (TPSA) is 6.48 Å². The number of fused-ring (bicyclic) bond motifs is 2. The number of hydrogen-bond acceptors (Lipinski definition) is 2. The van der Waals surface area contributed by atoms with Crippen LogP contribution in [-0.4, -0.2) is 48.1 Å². The molecule has 3 atom stereocenters.